The highest BCUT2D eigenvalue weighted by Gasteiger charge is 2.55. The number of unbranched alkanes of at least 4 members (excludes halogenated alkanes) is 11. The van der Waals surface area contributed by atoms with E-state index >= 15 is 0 Å². The van der Waals surface area contributed by atoms with Crippen LogP contribution in [0.2, 0.25) is 0 Å². The molecule has 2 aliphatic heterocycles. The molecule has 0 spiro atoms. The molecule has 4 rings (SSSR count). The van der Waals surface area contributed by atoms with E-state index in [9.17, 15) is 27.6 Å². The van der Waals surface area contributed by atoms with Crippen LogP contribution >= 0.6 is 0 Å². The summed E-state index contributed by atoms with van der Waals surface area (Å²) in [6.45, 7) is 6.95. The van der Waals surface area contributed by atoms with Gasteiger partial charge in [-0.15, -0.1) is 0 Å². The Bertz CT molecular complexity index is 1700. The Labute approximate surface area is 295 Å². The molecule has 1 unspecified atom stereocenters. The minimum atomic E-state index is -4.19. The van der Waals surface area contributed by atoms with Gasteiger partial charge in [-0.25, -0.2) is 27.9 Å². The molecule has 1 fully saturated rings. The number of rotatable bonds is 18. The smallest absolute Gasteiger partial charge is 0.418 e. The van der Waals surface area contributed by atoms with Gasteiger partial charge in [-0.3, -0.25) is 13.9 Å². The number of carbonyl (C=O) groups excluding carboxylic acids is 4. The lowest BCUT2D eigenvalue weighted by Crippen LogP contribution is -2.58. The van der Waals surface area contributed by atoms with E-state index in [4.69, 9.17) is 9.47 Å². The number of fused-ring (bicyclic) bond motifs is 1. The van der Waals surface area contributed by atoms with Crippen LogP contribution in [-0.4, -0.2) is 72.6 Å². The zero-order valence-electron chi connectivity index (χ0n) is 29.8. The number of anilines is 1. The van der Waals surface area contributed by atoms with E-state index in [0.29, 0.717) is 10.5 Å². The predicted molar refractivity (Wildman–Crippen MR) is 191 cm³/mol. The molecule has 50 heavy (non-hydrogen) atoms. The number of nitrogens with zero attached hydrogens (tertiary/aromatic N) is 3. The van der Waals surface area contributed by atoms with Crippen LogP contribution in [0.1, 0.15) is 114 Å². The van der Waals surface area contributed by atoms with Gasteiger partial charge in [0.15, 0.2) is 17.5 Å². The number of imide groups is 1. The number of benzene rings is 2. The summed E-state index contributed by atoms with van der Waals surface area (Å²) < 4.78 is 38.4. The average Bonchev–Trinajstić information content (AvgIpc) is 3.28. The SMILES string of the molecule is CCCCCCCCCCCCCCOC(=O)c1ccc(C)c(NC(=O)C(C2=Nc3ccccc3S(=O)(=O)N2C)N2C(=O)OC(C)(C)C2=O)c1. The summed E-state index contributed by atoms with van der Waals surface area (Å²) in [5, 5.41) is 2.69. The Morgan fingerprint density at radius 3 is 2.12 bits per heavy atom. The van der Waals surface area contributed by atoms with Gasteiger partial charge in [0.1, 0.15) is 4.90 Å². The van der Waals surface area contributed by atoms with Crippen LogP contribution in [0.4, 0.5) is 16.2 Å². The van der Waals surface area contributed by atoms with Crippen molar-refractivity contribution in [2.75, 3.05) is 19.0 Å². The van der Waals surface area contributed by atoms with Gasteiger partial charge in [0.2, 0.25) is 0 Å². The highest BCUT2D eigenvalue weighted by atomic mass is 32.2. The van der Waals surface area contributed by atoms with Crippen LogP contribution in [0.5, 0.6) is 0 Å². The number of hydrogen-bond donors (Lipinski definition) is 1. The number of esters is 1. The lowest BCUT2D eigenvalue weighted by atomic mass is 10.1. The molecule has 12 nitrogen and oxygen atoms in total. The summed E-state index contributed by atoms with van der Waals surface area (Å²) in [6.07, 6.45) is 13.2. The van der Waals surface area contributed by atoms with E-state index in [1.807, 2.05) is 0 Å². The molecule has 1 atom stereocenters. The van der Waals surface area contributed by atoms with Gasteiger partial charge < -0.3 is 14.8 Å². The topological polar surface area (TPSA) is 152 Å². The van der Waals surface area contributed by atoms with Crippen molar-refractivity contribution >= 4 is 51.1 Å². The maximum atomic E-state index is 14.1. The van der Waals surface area contributed by atoms with Crippen molar-refractivity contribution in [1.82, 2.24) is 9.21 Å². The second-order valence-corrected chi connectivity index (χ2v) is 15.3. The lowest BCUT2D eigenvalue weighted by Gasteiger charge is -2.33. The largest absolute Gasteiger partial charge is 0.462 e. The van der Waals surface area contributed by atoms with Gasteiger partial charge in [0, 0.05) is 12.7 Å². The molecule has 0 aromatic heterocycles. The van der Waals surface area contributed by atoms with Crippen molar-refractivity contribution in [1.29, 1.82) is 0 Å². The van der Waals surface area contributed by atoms with Crippen LogP contribution < -0.4 is 5.32 Å². The Balaban J connectivity index is 1.42. The van der Waals surface area contributed by atoms with Crippen molar-refractivity contribution in [2.24, 2.45) is 4.99 Å². The monoisotopic (exact) mass is 710 g/mol. The maximum Gasteiger partial charge on any atom is 0.418 e. The number of aliphatic imine (C=N–C) groups is 1. The first-order valence-electron chi connectivity index (χ1n) is 17.6. The molecule has 3 amide bonds. The molecule has 1 saturated heterocycles. The van der Waals surface area contributed by atoms with E-state index in [0.717, 1.165) is 23.6 Å². The zero-order chi connectivity index (χ0) is 36.5. The first kappa shape index (κ1) is 38.5. The van der Waals surface area contributed by atoms with Gasteiger partial charge >= 0.3 is 12.1 Å². The summed E-state index contributed by atoms with van der Waals surface area (Å²) >= 11 is 0. The number of nitrogens with one attached hydrogen (secondary N) is 1. The molecule has 0 aliphatic carbocycles. The fourth-order valence-electron chi connectivity index (χ4n) is 6.00. The molecule has 272 valence electrons. The highest BCUT2D eigenvalue weighted by Crippen LogP contribution is 2.35. The van der Waals surface area contributed by atoms with Crippen molar-refractivity contribution < 1.29 is 37.1 Å². The second kappa shape index (κ2) is 17.1. The Kier molecular flexibility index (Phi) is 13.2. The van der Waals surface area contributed by atoms with Crippen molar-refractivity contribution in [3.05, 3.63) is 53.6 Å². The van der Waals surface area contributed by atoms with Gasteiger partial charge in [0.05, 0.1) is 17.9 Å². The number of likely N-dealkylation sites (N-methyl/N-ethyl adjacent to an activating group) is 1. The molecule has 0 saturated carbocycles. The maximum absolute atomic E-state index is 14.1. The number of hydrogen-bond acceptors (Lipinski definition) is 9. The van der Waals surface area contributed by atoms with E-state index in [2.05, 4.69) is 17.2 Å². The Hall–Kier alpha value is -4.26. The molecule has 0 radical (unpaired) electrons. The quantitative estimate of drug-likeness (QED) is 0.125. The highest BCUT2D eigenvalue weighted by molar-refractivity contribution is 7.90. The first-order valence-corrected chi connectivity index (χ1v) is 19.1. The third-order valence-corrected chi connectivity index (χ3v) is 10.9. The van der Waals surface area contributed by atoms with Crippen LogP contribution in [0.15, 0.2) is 52.4 Å². The van der Waals surface area contributed by atoms with E-state index in [1.165, 1.54) is 103 Å². The van der Waals surface area contributed by atoms with Crippen LogP contribution in [0.3, 0.4) is 0 Å². The number of aryl methyl sites for hydroxylation is 1. The normalized spacial score (nSPS) is 16.8. The first-order chi connectivity index (χ1) is 23.8. The van der Waals surface area contributed by atoms with Crippen molar-refractivity contribution in [2.45, 2.75) is 121 Å². The van der Waals surface area contributed by atoms with Crippen LogP contribution in [0.25, 0.3) is 0 Å². The molecule has 2 aliphatic rings. The van der Waals surface area contributed by atoms with E-state index in [-0.39, 0.29) is 34.3 Å². The summed E-state index contributed by atoms with van der Waals surface area (Å²) in [4.78, 5) is 58.4. The number of amides is 3. The molecule has 0 bridgehead atoms. The summed E-state index contributed by atoms with van der Waals surface area (Å²) in [5.74, 6) is -2.71. The standard InChI is InChI=1S/C37H50N4O8S/c1-6-7-8-9-10-11-12-13-14-15-16-19-24-48-34(43)27-23-22-26(2)29(25-27)39-33(42)31(41-35(44)37(3,4)49-36(41)45)32-38-28-20-17-18-21-30(28)50(46,47)40(32)5/h17-18,20-23,25,31H,6-16,19,24H2,1-5H3,(H,39,42). The molecule has 2 aromatic rings. The van der Waals surface area contributed by atoms with Crippen molar-refractivity contribution in [3.8, 4) is 0 Å². The van der Waals surface area contributed by atoms with Gasteiger partial charge in [-0.05, 0) is 57.0 Å². The average molecular weight is 711 g/mol. The fraction of sp³-hybridized carbons (Fsp3) is 0.541. The molecule has 2 aromatic carbocycles. The zero-order valence-corrected chi connectivity index (χ0v) is 30.6. The number of ether oxygens (including phenoxy) is 2. The number of cyclic esters (lactones) is 1. The van der Waals surface area contributed by atoms with E-state index in [1.54, 1.807) is 25.1 Å². The molecule has 1 N–H and O–H groups in total. The minimum Gasteiger partial charge on any atom is -0.462 e. The van der Waals surface area contributed by atoms with Gasteiger partial charge in [-0.1, -0.05) is 95.8 Å². The molecular formula is C37H50N4O8S. The lowest BCUT2D eigenvalue weighted by molar-refractivity contribution is -0.137. The number of para-hydroxylation sites is 1. The third-order valence-electron chi connectivity index (χ3n) is 9.05. The number of carbonyl (C=O) groups is 4. The van der Waals surface area contributed by atoms with Crippen molar-refractivity contribution in [3.63, 3.8) is 0 Å². The number of amidine groups is 1. The summed E-state index contributed by atoms with van der Waals surface area (Å²) in [5.41, 5.74) is -0.578. The van der Waals surface area contributed by atoms with Gasteiger partial charge in [0.25, 0.3) is 21.8 Å². The van der Waals surface area contributed by atoms with Gasteiger partial charge in [-0.2, -0.15) is 0 Å². The summed E-state index contributed by atoms with van der Waals surface area (Å²) in [6, 6.07) is 8.79. The Morgan fingerprint density at radius 1 is 0.920 bits per heavy atom. The number of sulfonamides is 1. The molecule has 2 heterocycles. The minimum absolute atomic E-state index is 0.0479. The molecule has 13 heteroatoms. The fourth-order valence-corrected chi connectivity index (χ4v) is 7.31. The summed E-state index contributed by atoms with van der Waals surface area (Å²) in [7, 11) is -3.00. The third kappa shape index (κ3) is 9.09. The second-order valence-electron chi connectivity index (χ2n) is 13.4. The van der Waals surface area contributed by atoms with Crippen LogP contribution in [-0.2, 0) is 29.1 Å². The van der Waals surface area contributed by atoms with E-state index < -0.39 is 45.5 Å². The Morgan fingerprint density at radius 2 is 1.52 bits per heavy atom. The predicted octanol–water partition coefficient (Wildman–Crippen LogP) is 7.28. The molecular weight excluding hydrogens is 660 g/mol. The van der Waals surface area contributed by atoms with Crippen LogP contribution in [0, 0.1) is 6.92 Å².